The van der Waals surface area contributed by atoms with Crippen LogP contribution in [-0.4, -0.2) is 36.8 Å². The third-order valence-electron chi connectivity index (χ3n) is 4.34. The number of fused-ring (bicyclic) bond motifs is 1. The van der Waals surface area contributed by atoms with E-state index in [-0.39, 0.29) is 11.9 Å². The Hall–Kier alpha value is -1.14. The summed E-state index contributed by atoms with van der Waals surface area (Å²) in [4.78, 5) is 17.8. The zero-order valence-electron chi connectivity index (χ0n) is 12.6. The van der Waals surface area contributed by atoms with Crippen molar-refractivity contribution in [1.29, 1.82) is 0 Å². The first kappa shape index (κ1) is 14.8. The molecule has 5 nitrogen and oxygen atoms in total. The largest absolute Gasteiger partial charge is 0.465 e. The van der Waals surface area contributed by atoms with Gasteiger partial charge in [-0.05, 0) is 33.1 Å². The van der Waals surface area contributed by atoms with Gasteiger partial charge in [0.15, 0.2) is 5.13 Å². The second kappa shape index (κ2) is 6.32. The fourth-order valence-corrected chi connectivity index (χ4v) is 4.08. The molecule has 116 valence electrons. The van der Waals surface area contributed by atoms with Crippen molar-refractivity contribution >= 4 is 22.4 Å². The second-order valence-corrected chi connectivity index (χ2v) is 6.76. The Balaban J connectivity index is 1.62. The molecular weight excluding hydrogens is 288 g/mol. The van der Waals surface area contributed by atoms with Crippen LogP contribution in [0.2, 0.25) is 0 Å². The van der Waals surface area contributed by atoms with Gasteiger partial charge in [-0.2, -0.15) is 0 Å². The van der Waals surface area contributed by atoms with Crippen molar-refractivity contribution in [2.24, 2.45) is 5.92 Å². The number of ether oxygens (including phenoxy) is 2. The normalized spacial score (nSPS) is 27.6. The van der Waals surface area contributed by atoms with E-state index in [0.717, 1.165) is 43.2 Å². The highest BCUT2D eigenvalue weighted by atomic mass is 32.1. The van der Waals surface area contributed by atoms with E-state index < -0.39 is 0 Å². The molecule has 0 radical (unpaired) electrons. The van der Waals surface area contributed by atoms with Crippen LogP contribution < -0.4 is 5.32 Å². The smallest absolute Gasteiger partial charge is 0.315 e. The molecule has 1 aromatic heterocycles. The monoisotopic (exact) mass is 310 g/mol. The first-order chi connectivity index (χ1) is 10.2. The number of nitrogens with one attached hydrogen (secondary N) is 1. The van der Waals surface area contributed by atoms with Crippen molar-refractivity contribution in [2.45, 2.75) is 45.1 Å². The summed E-state index contributed by atoms with van der Waals surface area (Å²) in [7, 11) is 0. The first-order valence-electron chi connectivity index (χ1n) is 7.70. The summed E-state index contributed by atoms with van der Waals surface area (Å²) >= 11 is 1.68. The highest BCUT2D eigenvalue weighted by Gasteiger charge is 2.33. The van der Waals surface area contributed by atoms with Gasteiger partial charge in [0.2, 0.25) is 0 Å². The lowest BCUT2D eigenvalue weighted by molar-refractivity contribution is -0.145. The summed E-state index contributed by atoms with van der Waals surface area (Å²) in [5.74, 6) is 0.246. The van der Waals surface area contributed by atoms with E-state index in [1.54, 1.807) is 11.3 Å². The summed E-state index contributed by atoms with van der Waals surface area (Å²) in [6, 6.07) is 0. The van der Waals surface area contributed by atoms with Crippen LogP contribution in [0.3, 0.4) is 0 Å². The van der Waals surface area contributed by atoms with Gasteiger partial charge in [-0.25, -0.2) is 4.98 Å². The van der Waals surface area contributed by atoms with E-state index in [0.29, 0.717) is 18.6 Å². The van der Waals surface area contributed by atoms with Crippen LogP contribution in [0.25, 0.3) is 0 Å². The molecule has 0 saturated carbocycles. The molecule has 0 spiro atoms. The molecule has 0 bridgehead atoms. The van der Waals surface area contributed by atoms with Crippen molar-refractivity contribution < 1.29 is 14.3 Å². The number of thiazole rings is 1. The minimum Gasteiger partial charge on any atom is -0.465 e. The van der Waals surface area contributed by atoms with Gasteiger partial charge in [0, 0.05) is 23.9 Å². The molecule has 1 fully saturated rings. The average molecular weight is 310 g/mol. The Morgan fingerprint density at radius 3 is 3.10 bits per heavy atom. The maximum atomic E-state index is 11.9. The molecule has 0 amide bonds. The van der Waals surface area contributed by atoms with Crippen molar-refractivity contribution in [1.82, 2.24) is 4.98 Å². The number of anilines is 1. The van der Waals surface area contributed by atoms with Gasteiger partial charge >= 0.3 is 5.97 Å². The number of aromatic nitrogens is 1. The third kappa shape index (κ3) is 3.06. The molecule has 1 saturated heterocycles. The third-order valence-corrected chi connectivity index (χ3v) is 5.43. The van der Waals surface area contributed by atoms with Gasteiger partial charge in [-0.1, -0.05) is 0 Å². The van der Waals surface area contributed by atoms with Crippen LogP contribution in [0.4, 0.5) is 5.13 Å². The lowest BCUT2D eigenvalue weighted by Crippen LogP contribution is -2.20. The predicted octanol–water partition coefficient (Wildman–Crippen LogP) is 2.57. The quantitative estimate of drug-likeness (QED) is 0.847. The Labute approximate surface area is 129 Å². The molecule has 1 N–H and O–H groups in total. The van der Waals surface area contributed by atoms with Gasteiger partial charge in [0.1, 0.15) is 5.92 Å². The number of hydrogen-bond acceptors (Lipinski definition) is 6. The summed E-state index contributed by atoms with van der Waals surface area (Å²) < 4.78 is 10.7. The SMILES string of the molecule is CCOC(=O)C1CCc2sc(NCC3CCOC3C)nc21. The van der Waals surface area contributed by atoms with E-state index in [1.807, 2.05) is 6.92 Å². The van der Waals surface area contributed by atoms with Crippen LogP contribution in [0.1, 0.15) is 43.2 Å². The van der Waals surface area contributed by atoms with Crippen LogP contribution >= 0.6 is 11.3 Å². The molecular formula is C15H22N2O3S. The standard InChI is InChI=1S/C15H22N2O3S/c1-3-19-14(18)11-4-5-12-13(11)17-15(21-12)16-8-10-6-7-20-9(10)2/h9-11H,3-8H2,1-2H3,(H,16,17). The minimum absolute atomic E-state index is 0.133. The Morgan fingerprint density at radius 1 is 1.52 bits per heavy atom. The molecule has 1 aliphatic carbocycles. The molecule has 3 atom stereocenters. The van der Waals surface area contributed by atoms with E-state index in [2.05, 4.69) is 17.2 Å². The molecule has 3 rings (SSSR count). The topological polar surface area (TPSA) is 60.5 Å². The predicted molar refractivity (Wildman–Crippen MR) is 81.8 cm³/mol. The van der Waals surface area contributed by atoms with Crippen molar-refractivity contribution in [2.75, 3.05) is 25.1 Å². The van der Waals surface area contributed by atoms with Crippen LogP contribution in [-0.2, 0) is 20.7 Å². The van der Waals surface area contributed by atoms with E-state index in [1.165, 1.54) is 4.88 Å². The molecule has 2 heterocycles. The fraction of sp³-hybridized carbons (Fsp3) is 0.733. The van der Waals surface area contributed by atoms with Crippen molar-refractivity contribution in [3.05, 3.63) is 10.6 Å². The molecule has 6 heteroatoms. The van der Waals surface area contributed by atoms with Gasteiger partial charge in [0.25, 0.3) is 0 Å². The molecule has 3 unspecified atom stereocenters. The highest BCUT2D eigenvalue weighted by molar-refractivity contribution is 7.15. The summed E-state index contributed by atoms with van der Waals surface area (Å²) in [5, 5.41) is 4.34. The molecule has 0 aromatic carbocycles. The number of carbonyl (C=O) groups excluding carboxylic acids is 1. The summed E-state index contributed by atoms with van der Waals surface area (Å²) in [5.41, 5.74) is 0.927. The number of carbonyl (C=O) groups is 1. The van der Waals surface area contributed by atoms with Gasteiger partial charge in [-0.3, -0.25) is 4.79 Å². The second-order valence-electron chi connectivity index (χ2n) is 5.68. The summed E-state index contributed by atoms with van der Waals surface area (Å²) in [6.45, 7) is 6.13. The molecule has 1 aliphatic heterocycles. The number of hydrogen-bond donors (Lipinski definition) is 1. The Morgan fingerprint density at radius 2 is 2.38 bits per heavy atom. The van der Waals surface area contributed by atoms with E-state index in [9.17, 15) is 4.79 Å². The average Bonchev–Trinajstić information content (AvgIpc) is 3.11. The van der Waals surface area contributed by atoms with Gasteiger partial charge < -0.3 is 14.8 Å². The zero-order chi connectivity index (χ0) is 14.8. The maximum absolute atomic E-state index is 11.9. The first-order valence-corrected chi connectivity index (χ1v) is 8.52. The highest BCUT2D eigenvalue weighted by Crippen LogP contribution is 2.39. The van der Waals surface area contributed by atoms with E-state index in [4.69, 9.17) is 9.47 Å². The molecule has 2 aliphatic rings. The zero-order valence-corrected chi connectivity index (χ0v) is 13.4. The fourth-order valence-electron chi connectivity index (χ4n) is 3.04. The molecule has 21 heavy (non-hydrogen) atoms. The lowest BCUT2D eigenvalue weighted by Gasteiger charge is -2.14. The number of aryl methyl sites for hydroxylation is 1. The van der Waals surface area contributed by atoms with Gasteiger partial charge in [-0.15, -0.1) is 11.3 Å². The Bertz CT molecular complexity index is 517. The Kier molecular flexibility index (Phi) is 4.45. The maximum Gasteiger partial charge on any atom is 0.315 e. The van der Waals surface area contributed by atoms with Crippen LogP contribution in [0.5, 0.6) is 0 Å². The van der Waals surface area contributed by atoms with Crippen molar-refractivity contribution in [3.63, 3.8) is 0 Å². The van der Waals surface area contributed by atoms with E-state index >= 15 is 0 Å². The molecule has 1 aromatic rings. The van der Waals surface area contributed by atoms with Gasteiger partial charge in [0.05, 0.1) is 18.4 Å². The number of nitrogens with zero attached hydrogens (tertiary/aromatic N) is 1. The van der Waals surface area contributed by atoms with Crippen LogP contribution in [0.15, 0.2) is 0 Å². The lowest BCUT2D eigenvalue weighted by atomic mass is 10.0. The van der Waals surface area contributed by atoms with Crippen molar-refractivity contribution in [3.8, 4) is 0 Å². The minimum atomic E-state index is -0.166. The van der Waals surface area contributed by atoms with Crippen LogP contribution in [0, 0.1) is 5.92 Å². The number of rotatable bonds is 5. The summed E-state index contributed by atoms with van der Waals surface area (Å²) in [6.07, 6.45) is 3.18. The number of esters is 1.